The summed E-state index contributed by atoms with van der Waals surface area (Å²) >= 11 is 1.17. The van der Waals surface area contributed by atoms with E-state index in [1.807, 2.05) is 0 Å². The molecule has 0 fully saturated rings. The number of hydrogen-bond donors (Lipinski definition) is 0. The van der Waals surface area contributed by atoms with E-state index in [9.17, 15) is 0 Å². The second kappa shape index (κ2) is 11.4. The molecule has 0 saturated carbocycles. The van der Waals surface area contributed by atoms with Gasteiger partial charge >= 0.3 is 20.0 Å². The van der Waals surface area contributed by atoms with Crippen molar-refractivity contribution >= 4 is 35.9 Å². The van der Waals surface area contributed by atoms with Crippen LogP contribution in [0.4, 0.5) is 0 Å². The van der Waals surface area contributed by atoms with Crippen molar-refractivity contribution in [1.29, 1.82) is 0 Å². The van der Waals surface area contributed by atoms with E-state index in [2.05, 4.69) is 51.1 Å². The van der Waals surface area contributed by atoms with Crippen LogP contribution in [0.3, 0.4) is 0 Å². The molecule has 0 atom stereocenters. The van der Waals surface area contributed by atoms with Gasteiger partial charge in [-0.25, -0.2) is 0 Å². The van der Waals surface area contributed by atoms with Crippen LogP contribution >= 0.6 is 19.7 Å². The Balaban J connectivity index is 0. The summed E-state index contributed by atoms with van der Waals surface area (Å²) in [4.78, 5) is 0. The zero-order valence-electron chi connectivity index (χ0n) is 11.1. The summed E-state index contributed by atoms with van der Waals surface area (Å²) in [7, 11) is -0.661. The van der Waals surface area contributed by atoms with Crippen molar-refractivity contribution < 1.29 is 3.80 Å². The van der Waals surface area contributed by atoms with E-state index in [1.165, 1.54) is 46.4 Å². The minimum absolute atomic E-state index is 0. The van der Waals surface area contributed by atoms with Crippen LogP contribution in [-0.4, -0.2) is 34.7 Å². The average molecular weight is 289 g/mol. The fourth-order valence-electron chi connectivity index (χ4n) is 1.98. The first-order valence-corrected chi connectivity index (χ1v) is 8.89. The number of benzene rings is 1. The summed E-state index contributed by atoms with van der Waals surface area (Å²) < 4.78 is 8.17. The first-order valence-electron chi connectivity index (χ1n) is 5.89. The first kappa shape index (κ1) is 19.6. The Labute approximate surface area is 121 Å². The summed E-state index contributed by atoms with van der Waals surface area (Å²) in [6.45, 7) is 7.09. The molecule has 0 aliphatic heterocycles. The summed E-state index contributed by atoms with van der Waals surface area (Å²) in [5, 5.41) is 0. The van der Waals surface area contributed by atoms with Crippen LogP contribution in [0.15, 0.2) is 30.3 Å². The second-order valence-electron chi connectivity index (χ2n) is 3.93. The molecular weight excluding hydrogens is 266 g/mol. The zero-order chi connectivity index (χ0) is 12.4. The van der Waals surface area contributed by atoms with Crippen molar-refractivity contribution in [1.82, 2.24) is 0 Å². The topological polar surface area (TPSA) is 17.1 Å². The molecule has 95 valence electrons. The fourth-order valence-corrected chi connectivity index (χ4v) is 4.97. The molecule has 0 N–H and O–H groups in total. The maximum atomic E-state index is 8.17. The maximum absolute atomic E-state index is 8.17. The van der Waals surface area contributed by atoms with E-state index >= 15 is 0 Å². The predicted molar refractivity (Wildman–Crippen MR) is 82.4 cm³/mol. The van der Waals surface area contributed by atoms with Crippen molar-refractivity contribution in [3.05, 3.63) is 35.9 Å². The Bertz CT molecular complexity index is 270. The molecule has 0 saturated heterocycles. The standard InChI is InChI=1S/C13H22P.Al.ClH.O/c1-4-14(5-2,6-3)12-13-10-8-7-9-11-13;;;/h7-11H,4-6,12H2,1-3H3;;1H;/q+1;;;. The predicted octanol–water partition coefficient (Wildman–Crippen LogP) is 4.19. The monoisotopic (exact) mass is 288 g/mol. The second-order valence-corrected chi connectivity index (χ2v) is 8.83. The summed E-state index contributed by atoms with van der Waals surface area (Å²) in [6.07, 6.45) is 5.54. The van der Waals surface area contributed by atoms with Crippen LogP contribution < -0.4 is 0 Å². The van der Waals surface area contributed by atoms with Gasteiger partial charge in [0.05, 0.1) is 24.6 Å². The van der Waals surface area contributed by atoms with E-state index in [1.54, 1.807) is 0 Å². The molecule has 0 unspecified atom stereocenters. The van der Waals surface area contributed by atoms with Crippen molar-refractivity contribution in [2.24, 2.45) is 0 Å². The zero-order valence-corrected chi connectivity index (χ0v) is 13.9. The molecule has 4 heteroatoms. The molecule has 1 nitrogen and oxygen atoms in total. The Hall–Kier alpha value is 0.272. The molecule has 1 radical (unpaired) electrons. The van der Waals surface area contributed by atoms with Gasteiger partial charge < -0.3 is 0 Å². The SMILES string of the molecule is CC[P+](CC)(CC)Cc1ccccc1.Cl.[O]=[Al]. The minimum atomic E-state index is -0.661. The number of halogens is 1. The Morgan fingerprint density at radius 1 is 0.941 bits per heavy atom. The third-order valence-electron chi connectivity index (χ3n) is 3.37. The first-order chi connectivity index (χ1) is 7.76. The summed E-state index contributed by atoms with van der Waals surface area (Å²) in [5.74, 6) is 0. The normalized spacial score (nSPS) is 9.76. The summed E-state index contributed by atoms with van der Waals surface area (Å²) in [5.41, 5.74) is 1.53. The average Bonchev–Trinajstić information content (AvgIpc) is 2.40. The van der Waals surface area contributed by atoms with Crippen LogP contribution in [0.1, 0.15) is 26.3 Å². The molecule has 0 spiro atoms. The van der Waals surface area contributed by atoms with E-state index in [0.29, 0.717) is 0 Å². The van der Waals surface area contributed by atoms with E-state index in [-0.39, 0.29) is 12.4 Å². The van der Waals surface area contributed by atoms with E-state index in [4.69, 9.17) is 3.80 Å². The van der Waals surface area contributed by atoms with Crippen LogP contribution in [0.25, 0.3) is 0 Å². The number of rotatable bonds is 5. The fraction of sp³-hybridized carbons (Fsp3) is 0.538. The van der Waals surface area contributed by atoms with Crippen molar-refractivity contribution in [3.8, 4) is 0 Å². The Morgan fingerprint density at radius 3 is 1.71 bits per heavy atom. The van der Waals surface area contributed by atoms with Crippen molar-refractivity contribution in [2.45, 2.75) is 26.9 Å². The van der Waals surface area contributed by atoms with Crippen LogP contribution in [0.5, 0.6) is 0 Å². The van der Waals surface area contributed by atoms with Gasteiger partial charge in [-0.3, -0.25) is 0 Å². The molecule has 0 aromatic heterocycles. The van der Waals surface area contributed by atoms with Gasteiger partial charge in [0.15, 0.2) is 0 Å². The molecule has 17 heavy (non-hydrogen) atoms. The van der Waals surface area contributed by atoms with Gasteiger partial charge in [-0.1, -0.05) is 30.3 Å². The van der Waals surface area contributed by atoms with Crippen LogP contribution in [0.2, 0.25) is 0 Å². The van der Waals surface area contributed by atoms with Gasteiger partial charge in [-0.15, -0.1) is 12.4 Å². The van der Waals surface area contributed by atoms with Crippen LogP contribution in [-0.2, 0) is 9.97 Å². The molecule has 0 bridgehead atoms. The molecule has 0 amide bonds. The Kier molecular flexibility index (Phi) is 13.1. The molecule has 1 aromatic carbocycles. The third kappa shape index (κ3) is 6.68. The molecule has 0 heterocycles. The molecule has 0 aliphatic rings. The van der Waals surface area contributed by atoms with Gasteiger partial charge in [0, 0.05) is 7.26 Å². The van der Waals surface area contributed by atoms with Crippen molar-refractivity contribution in [3.63, 3.8) is 0 Å². The van der Waals surface area contributed by atoms with Gasteiger partial charge in [0.25, 0.3) is 0 Å². The van der Waals surface area contributed by atoms with Crippen LogP contribution in [0, 0.1) is 0 Å². The molecule has 1 rings (SSSR count). The van der Waals surface area contributed by atoms with E-state index < -0.39 is 7.26 Å². The van der Waals surface area contributed by atoms with E-state index in [0.717, 1.165) is 0 Å². The molecular formula is C13H23AlClOP+. The van der Waals surface area contributed by atoms with Gasteiger partial charge in [0.1, 0.15) is 0 Å². The number of hydrogen-bond acceptors (Lipinski definition) is 1. The summed E-state index contributed by atoms with van der Waals surface area (Å²) in [6, 6.07) is 11.0. The quantitative estimate of drug-likeness (QED) is 0.586. The Morgan fingerprint density at radius 2 is 1.35 bits per heavy atom. The molecule has 0 aliphatic carbocycles. The van der Waals surface area contributed by atoms with Crippen molar-refractivity contribution in [2.75, 3.05) is 18.5 Å². The molecule has 1 aromatic rings. The van der Waals surface area contributed by atoms with Gasteiger partial charge in [-0.2, -0.15) is 0 Å². The van der Waals surface area contributed by atoms with Gasteiger partial charge in [0.2, 0.25) is 0 Å². The van der Waals surface area contributed by atoms with Gasteiger partial charge in [-0.05, 0) is 26.3 Å². The third-order valence-corrected chi connectivity index (χ3v) is 8.43.